The van der Waals surface area contributed by atoms with E-state index in [2.05, 4.69) is 20.8 Å². The molecule has 2 aromatic heterocycles. The summed E-state index contributed by atoms with van der Waals surface area (Å²) in [6, 6.07) is 5.78. The Bertz CT molecular complexity index is 1070. The van der Waals surface area contributed by atoms with Crippen LogP contribution in [0.5, 0.6) is 5.75 Å². The Morgan fingerprint density at radius 1 is 1.12 bits per heavy atom. The summed E-state index contributed by atoms with van der Waals surface area (Å²) in [5.41, 5.74) is 2.38. The average Bonchev–Trinajstić information content (AvgIpc) is 3.18. The quantitative estimate of drug-likeness (QED) is 0.376. The number of nitrogens with one attached hydrogen (secondary N) is 2. The number of fused-ring (bicyclic) bond motifs is 3. The van der Waals surface area contributed by atoms with Gasteiger partial charge in [-0.1, -0.05) is 13.8 Å². The Morgan fingerprint density at radius 3 is 2.64 bits per heavy atom. The van der Waals surface area contributed by atoms with Crippen LogP contribution in [-0.4, -0.2) is 72.1 Å². The van der Waals surface area contributed by atoms with E-state index < -0.39 is 6.10 Å². The van der Waals surface area contributed by atoms with Crippen LogP contribution in [-0.2, 0) is 14.3 Å². The van der Waals surface area contributed by atoms with Crippen molar-refractivity contribution in [2.45, 2.75) is 39.7 Å². The van der Waals surface area contributed by atoms with Gasteiger partial charge in [-0.3, -0.25) is 9.20 Å². The Balaban J connectivity index is 1.62. The normalized spacial score (nSPS) is 12.4. The van der Waals surface area contributed by atoms with Crippen molar-refractivity contribution < 1.29 is 19.0 Å². The number of carbonyl (C=O) groups excluding carboxylic acids is 1. The van der Waals surface area contributed by atoms with Crippen molar-refractivity contribution in [3.05, 3.63) is 24.0 Å². The molecule has 10 heteroatoms. The smallest absolute Gasteiger partial charge is 0.249 e. The molecule has 10 nitrogen and oxygen atoms in total. The monoisotopic (exact) mass is 458 g/mol. The molecule has 3 aromatic rings. The molecule has 0 aliphatic carbocycles. The summed E-state index contributed by atoms with van der Waals surface area (Å²) in [4.78, 5) is 16.9. The molecule has 0 aliphatic heterocycles. The van der Waals surface area contributed by atoms with Crippen molar-refractivity contribution in [1.29, 1.82) is 0 Å². The molecule has 0 saturated carbocycles. The number of nitrogens with zero attached hydrogens (tertiary/aromatic N) is 4. The maximum atomic E-state index is 12.2. The molecule has 180 valence electrons. The summed E-state index contributed by atoms with van der Waals surface area (Å²) in [7, 11) is 3.21. The van der Waals surface area contributed by atoms with Gasteiger partial charge in [-0.25, -0.2) is 4.98 Å². The summed E-state index contributed by atoms with van der Waals surface area (Å²) >= 11 is 0. The third-order valence-corrected chi connectivity index (χ3v) is 5.33. The second kappa shape index (κ2) is 11.8. The fraction of sp³-hybridized carbons (Fsp3) is 0.565. The summed E-state index contributed by atoms with van der Waals surface area (Å²) in [6.07, 6.45) is 1.27. The molecular formula is C23H34N6O4. The second-order valence-corrected chi connectivity index (χ2v) is 8.18. The van der Waals surface area contributed by atoms with Gasteiger partial charge in [-0.15, -0.1) is 10.2 Å². The minimum atomic E-state index is -0.419. The topological polar surface area (TPSA) is 112 Å². The van der Waals surface area contributed by atoms with Crippen LogP contribution < -0.4 is 15.4 Å². The number of amides is 1. The van der Waals surface area contributed by atoms with Crippen molar-refractivity contribution in [3.8, 4) is 5.75 Å². The predicted molar refractivity (Wildman–Crippen MR) is 127 cm³/mol. The minimum absolute atomic E-state index is 0.0687. The third-order valence-electron chi connectivity index (χ3n) is 5.33. The zero-order valence-electron chi connectivity index (χ0n) is 20.1. The molecule has 0 saturated heterocycles. The molecule has 0 radical (unpaired) electrons. The Hall–Kier alpha value is -2.98. The molecule has 33 heavy (non-hydrogen) atoms. The van der Waals surface area contributed by atoms with Gasteiger partial charge in [0, 0.05) is 33.4 Å². The van der Waals surface area contributed by atoms with Gasteiger partial charge < -0.3 is 24.8 Å². The van der Waals surface area contributed by atoms with E-state index in [1.165, 1.54) is 0 Å². The number of anilines is 1. The van der Waals surface area contributed by atoms with E-state index in [-0.39, 0.29) is 11.8 Å². The molecule has 0 fully saturated rings. The van der Waals surface area contributed by atoms with E-state index in [1.54, 1.807) is 14.2 Å². The number of unbranched alkanes of at least 4 members (excludes halogenated alkanes) is 1. The summed E-state index contributed by atoms with van der Waals surface area (Å²) in [5, 5.41) is 14.8. The number of aromatic nitrogens is 4. The van der Waals surface area contributed by atoms with Crippen molar-refractivity contribution in [2.24, 2.45) is 5.92 Å². The molecular weight excluding hydrogens is 424 g/mol. The predicted octanol–water partition coefficient (Wildman–Crippen LogP) is 2.59. The van der Waals surface area contributed by atoms with Gasteiger partial charge in [-0.05, 0) is 37.8 Å². The van der Waals surface area contributed by atoms with E-state index in [4.69, 9.17) is 19.2 Å². The molecule has 1 aromatic carbocycles. The molecule has 3 rings (SSSR count). The molecule has 1 unspecified atom stereocenters. The summed E-state index contributed by atoms with van der Waals surface area (Å²) < 4.78 is 18.0. The van der Waals surface area contributed by atoms with Crippen LogP contribution in [0.4, 0.5) is 5.82 Å². The number of hydrogen-bond donors (Lipinski definition) is 2. The highest BCUT2D eigenvalue weighted by Gasteiger charge is 2.20. The molecule has 0 bridgehead atoms. The Labute approximate surface area is 194 Å². The van der Waals surface area contributed by atoms with Crippen LogP contribution >= 0.6 is 0 Å². The van der Waals surface area contributed by atoms with E-state index in [1.807, 2.05) is 43.4 Å². The van der Waals surface area contributed by atoms with E-state index in [9.17, 15) is 4.79 Å². The molecule has 1 atom stereocenters. The zero-order valence-corrected chi connectivity index (χ0v) is 20.1. The average molecular weight is 459 g/mol. The number of benzene rings is 1. The lowest BCUT2D eigenvalue weighted by Gasteiger charge is -2.18. The fourth-order valence-electron chi connectivity index (χ4n) is 3.66. The van der Waals surface area contributed by atoms with Crippen LogP contribution in [0.1, 0.15) is 32.5 Å². The van der Waals surface area contributed by atoms with Crippen molar-refractivity contribution >= 4 is 28.4 Å². The van der Waals surface area contributed by atoms with E-state index in [0.29, 0.717) is 37.8 Å². The lowest BCUT2D eigenvalue weighted by Crippen LogP contribution is -2.39. The van der Waals surface area contributed by atoms with Crippen LogP contribution in [0.2, 0.25) is 0 Å². The number of ether oxygens (including phenoxy) is 3. The maximum absolute atomic E-state index is 12.2. The summed E-state index contributed by atoms with van der Waals surface area (Å²) in [5.74, 6) is 2.25. The van der Waals surface area contributed by atoms with Gasteiger partial charge in [0.1, 0.15) is 24.3 Å². The zero-order chi connectivity index (χ0) is 23.8. The van der Waals surface area contributed by atoms with E-state index >= 15 is 0 Å². The van der Waals surface area contributed by atoms with Crippen LogP contribution in [0, 0.1) is 12.8 Å². The first-order valence-corrected chi connectivity index (χ1v) is 11.3. The Kier molecular flexibility index (Phi) is 8.79. The lowest BCUT2D eigenvalue weighted by atomic mass is 10.1. The molecule has 0 aliphatic rings. The SMILES string of the molecule is COCCOc1ccc2c(c1)nc(NCCCCNC(=O)C(OC)C(C)C)c1nnc(C)n12. The van der Waals surface area contributed by atoms with Crippen molar-refractivity contribution in [3.63, 3.8) is 0 Å². The minimum Gasteiger partial charge on any atom is -0.491 e. The highest BCUT2D eigenvalue weighted by molar-refractivity contribution is 5.84. The highest BCUT2D eigenvalue weighted by atomic mass is 16.5. The van der Waals surface area contributed by atoms with Gasteiger partial charge >= 0.3 is 0 Å². The van der Waals surface area contributed by atoms with Gasteiger partial charge in [0.05, 0.1) is 17.6 Å². The number of rotatable bonds is 13. The number of carbonyl (C=O) groups is 1. The second-order valence-electron chi connectivity index (χ2n) is 8.18. The van der Waals surface area contributed by atoms with Crippen molar-refractivity contribution in [1.82, 2.24) is 24.9 Å². The largest absolute Gasteiger partial charge is 0.491 e. The maximum Gasteiger partial charge on any atom is 0.249 e. The molecule has 1 amide bonds. The van der Waals surface area contributed by atoms with Crippen LogP contribution in [0.3, 0.4) is 0 Å². The van der Waals surface area contributed by atoms with Gasteiger partial charge in [0.25, 0.3) is 0 Å². The van der Waals surface area contributed by atoms with E-state index in [0.717, 1.165) is 35.4 Å². The molecule has 2 heterocycles. The van der Waals surface area contributed by atoms with Gasteiger partial charge in [0.2, 0.25) is 11.6 Å². The number of methoxy groups -OCH3 is 2. The van der Waals surface area contributed by atoms with Gasteiger partial charge in [-0.2, -0.15) is 0 Å². The number of hydrogen-bond acceptors (Lipinski definition) is 8. The summed E-state index contributed by atoms with van der Waals surface area (Å²) in [6.45, 7) is 8.13. The first-order valence-electron chi connectivity index (χ1n) is 11.3. The molecule has 2 N–H and O–H groups in total. The first-order chi connectivity index (χ1) is 16.0. The molecule has 0 spiro atoms. The van der Waals surface area contributed by atoms with Gasteiger partial charge in [0.15, 0.2) is 5.82 Å². The lowest BCUT2D eigenvalue weighted by molar-refractivity contribution is -0.133. The Morgan fingerprint density at radius 2 is 1.91 bits per heavy atom. The first kappa shape index (κ1) is 24.7. The highest BCUT2D eigenvalue weighted by Crippen LogP contribution is 2.25. The van der Waals surface area contributed by atoms with Crippen molar-refractivity contribution in [2.75, 3.05) is 45.8 Å². The fourth-order valence-corrected chi connectivity index (χ4v) is 3.66. The third kappa shape index (κ3) is 6.08. The number of aryl methyl sites for hydroxylation is 1. The van der Waals surface area contributed by atoms with Crippen LogP contribution in [0.15, 0.2) is 18.2 Å². The van der Waals surface area contributed by atoms with Crippen LogP contribution in [0.25, 0.3) is 16.7 Å². The standard InChI is InChI=1S/C23H34N6O4/c1-15(2)20(32-5)23(30)25-11-7-6-10-24-21-22-28-27-16(3)29(22)19-9-8-17(14-18(19)26-21)33-13-12-31-4/h8-9,14-15,20H,6-7,10-13H2,1-5H3,(H,24,26)(H,25,30).